The first-order valence-corrected chi connectivity index (χ1v) is 41.7. The van der Waals surface area contributed by atoms with Gasteiger partial charge in [0.05, 0.1) is 63.6 Å². The Bertz CT molecular complexity index is 5530. The summed E-state index contributed by atoms with van der Waals surface area (Å²) in [7, 11) is 4.88. The number of guanidine groups is 3. The number of carboxylic acid groups (broad SMARTS) is 1. The van der Waals surface area contributed by atoms with E-state index < -0.39 is 90.8 Å². The molecule has 5 aromatic heterocycles. The predicted octanol–water partition coefficient (Wildman–Crippen LogP) is 2.78. The second-order valence-electron chi connectivity index (χ2n) is 29.3. The summed E-state index contributed by atoms with van der Waals surface area (Å²) >= 11 is 0. The number of β-lactam (4-membered cyclic amide) rings is 5. The van der Waals surface area contributed by atoms with Crippen LogP contribution in [0.25, 0.3) is 0 Å². The Morgan fingerprint density at radius 2 is 0.686 bits per heavy atom. The quantitative estimate of drug-likeness (QED) is 0.00264. The zero-order chi connectivity index (χ0) is 99.5. The van der Waals surface area contributed by atoms with Crippen molar-refractivity contribution in [2.75, 3.05) is 48.0 Å². The fourth-order valence-corrected chi connectivity index (χ4v) is 13.5. The van der Waals surface area contributed by atoms with Crippen LogP contribution in [0.15, 0.2) is 270 Å². The molecule has 45 heteroatoms. The largest absolute Gasteiger partial charge is 0.508 e. The van der Waals surface area contributed by atoms with Gasteiger partial charge in [-0.05, 0) is 157 Å². The first-order valence-electron chi connectivity index (χ1n) is 41.7. The van der Waals surface area contributed by atoms with Gasteiger partial charge in [0, 0.05) is 49.8 Å². The van der Waals surface area contributed by atoms with Gasteiger partial charge in [-0.3, -0.25) is 48.6 Å². The number of carbonyl (C=O) groups excluding carboxylic acids is 10. The van der Waals surface area contributed by atoms with Crippen molar-refractivity contribution in [2.24, 2.45) is 95.3 Å². The van der Waals surface area contributed by atoms with Gasteiger partial charge in [-0.15, -0.1) is 28.5 Å². The molecule has 0 spiro atoms. The van der Waals surface area contributed by atoms with Crippen LogP contribution in [0.4, 0.5) is 23.3 Å². The maximum Gasteiger partial charge on any atom is 0.508 e. The molecule has 0 aliphatic carbocycles. The lowest BCUT2D eigenvalue weighted by molar-refractivity contribution is -0.158. The van der Waals surface area contributed by atoms with Gasteiger partial charge in [0.15, 0.2) is 0 Å². The number of anilines is 4. The summed E-state index contributed by atoms with van der Waals surface area (Å²) in [5.74, 6) is 1.34. The van der Waals surface area contributed by atoms with Crippen molar-refractivity contribution in [1.82, 2.24) is 30.2 Å². The van der Waals surface area contributed by atoms with Crippen LogP contribution in [0.2, 0.25) is 0 Å². The fraction of sp³-hybridized carbons (Fsp3) is 0.250. The molecule has 10 heterocycles. The van der Waals surface area contributed by atoms with Crippen molar-refractivity contribution in [3.8, 4) is 23.0 Å². The highest BCUT2D eigenvalue weighted by molar-refractivity contribution is 6.57. The molecular formula is C92H103BN22O22. The topological polar surface area (TPSA) is 656 Å². The van der Waals surface area contributed by atoms with E-state index >= 15 is 0 Å². The second-order valence-corrected chi connectivity index (χ2v) is 29.3. The average molecular weight is 1880 g/mol. The van der Waals surface area contributed by atoms with E-state index in [0.717, 1.165) is 38.7 Å². The van der Waals surface area contributed by atoms with Crippen LogP contribution in [0.1, 0.15) is 54.4 Å². The number of rotatable bonds is 34. The monoisotopic (exact) mass is 1880 g/mol. The maximum atomic E-state index is 12.8. The lowest BCUT2D eigenvalue weighted by Crippen LogP contribution is -2.65. The number of allylic oxidation sites excluding steroid dienone is 2. The Morgan fingerprint density at radius 1 is 0.401 bits per heavy atom. The number of benzene rings is 4. The molecule has 10 atom stereocenters. The van der Waals surface area contributed by atoms with Gasteiger partial charge < -0.3 is 103 Å². The first kappa shape index (κ1) is 105. The van der Waals surface area contributed by atoms with Crippen LogP contribution in [-0.2, 0) is 98.1 Å². The van der Waals surface area contributed by atoms with Gasteiger partial charge in [0.2, 0.25) is 47.4 Å². The van der Waals surface area contributed by atoms with Crippen LogP contribution >= 0.6 is 0 Å². The molecule has 0 saturated carbocycles. The Hall–Kier alpha value is -17.4. The van der Waals surface area contributed by atoms with E-state index in [4.69, 9.17) is 82.3 Å². The summed E-state index contributed by atoms with van der Waals surface area (Å²) in [5, 5.41) is 45.8. The zero-order valence-electron chi connectivity index (χ0n) is 74.7. The molecule has 5 fully saturated rings. The van der Waals surface area contributed by atoms with Gasteiger partial charge in [0.25, 0.3) is 0 Å². The minimum atomic E-state index is -1.45. The zero-order valence-corrected chi connectivity index (χ0v) is 74.7. The highest BCUT2D eigenvalue weighted by Gasteiger charge is 2.56. The number of methoxy groups -OCH3 is 4. The van der Waals surface area contributed by atoms with Gasteiger partial charge in [-0.2, -0.15) is 10.2 Å². The lowest BCUT2D eigenvalue weighted by Gasteiger charge is -2.44. The number of hydrazone groups is 1. The second kappa shape index (κ2) is 53.8. The Balaban J connectivity index is 0.000000204. The Kier molecular flexibility index (Phi) is 41.2. The normalized spacial score (nSPS) is 18.2. The van der Waals surface area contributed by atoms with Crippen molar-refractivity contribution in [1.29, 1.82) is 0 Å². The van der Waals surface area contributed by atoms with Crippen molar-refractivity contribution in [2.45, 2.75) is 88.7 Å². The molecule has 5 aliphatic heterocycles. The number of nitrogens with zero attached hydrogens (tertiary/aromatic N) is 14. The van der Waals surface area contributed by atoms with E-state index in [9.17, 15) is 57.8 Å². The number of nitrogens with one attached hydrogen (secondary N) is 1. The summed E-state index contributed by atoms with van der Waals surface area (Å²) in [6.07, 6.45) is 15.5. The first-order chi connectivity index (χ1) is 66.1. The van der Waals surface area contributed by atoms with E-state index in [-0.39, 0.29) is 105 Å². The van der Waals surface area contributed by atoms with Gasteiger partial charge in [-0.25, -0.2) is 43.9 Å². The third kappa shape index (κ3) is 30.1. The minimum Gasteiger partial charge on any atom is -0.497 e. The number of carbonyl (C=O) groups is 11. The fourth-order valence-electron chi connectivity index (χ4n) is 13.5. The summed E-state index contributed by atoms with van der Waals surface area (Å²) in [4.78, 5) is 158. The van der Waals surface area contributed by atoms with E-state index in [0.29, 0.717) is 53.9 Å². The summed E-state index contributed by atoms with van der Waals surface area (Å²) < 4.78 is 41.8. The molecule has 18 N–H and O–H groups in total. The van der Waals surface area contributed by atoms with E-state index in [1.165, 1.54) is 45.7 Å². The molecule has 0 unspecified atom stereocenters. The molecule has 5 saturated heterocycles. The van der Waals surface area contributed by atoms with E-state index in [1.54, 1.807) is 217 Å². The van der Waals surface area contributed by atoms with Crippen LogP contribution in [0, 0.1) is 29.6 Å². The number of aldehydes is 1. The number of nitrogens with two attached hydrogens (primary N) is 7. The molecule has 14 rings (SSSR count). The smallest absolute Gasteiger partial charge is 0.497 e. The molecule has 137 heavy (non-hydrogen) atoms. The van der Waals surface area contributed by atoms with Crippen LogP contribution in [-0.4, -0.2) is 202 Å². The Morgan fingerprint density at radius 3 is 0.934 bits per heavy atom. The van der Waals surface area contributed by atoms with Crippen molar-refractivity contribution in [3.05, 3.63) is 267 Å². The van der Waals surface area contributed by atoms with E-state index in [2.05, 4.69) is 74.7 Å². The Labute approximate surface area is 786 Å². The molecule has 716 valence electrons. The third-order valence-corrected chi connectivity index (χ3v) is 20.4. The molecular weight excluding hydrogens is 1780 g/mol. The van der Waals surface area contributed by atoms with Crippen LogP contribution in [0.3, 0.4) is 0 Å². The maximum absolute atomic E-state index is 12.8. The number of aromatic nitrogens is 5. The lowest BCUT2D eigenvalue weighted by atomic mass is 9.84. The summed E-state index contributed by atoms with van der Waals surface area (Å²) in [6.45, 7) is 7.69. The number of pyridine rings is 5. The van der Waals surface area contributed by atoms with Gasteiger partial charge in [-0.1, -0.05) is 91.0 Å². The highest BCUT2D eigenvalue weighted by atomic mass is 16.6. The van der Waals surface area contributed by atoms with Crippen molar-refractivity contribution < 1.29 is 106 Å². The minimum absolute atomic E-state index is 0.0233. The third-order valence-electron chi connectivity index (χ3n) is 20.4. The number of hydrogen-bond donors (Lipinski definition) is 11. The molecule has 5 aliphatic rings. The number of esters is 4. The molecule has 44 nitrogen and oxygen atoms in total. The number of amides is 5. The van der Waals surface area contributed by atoms with E-state index in [1.807, 2.05) is 24.3 Å². The SMILES string of the molecule is C=CC[C@H]1C(=O)N(c2ccccn2)[C@@H]1C(=O)OCc1ccc(OC)cc1.C=CC[C@H]1C(=O)N[C@@H]1C(=O)OCc1ccc(OC)cc1.COc1ccc(COC(=O)[C@@H]2[C@@H](C/C=N/N=C(N)N)C(=O)N2c2ccccn2)cc1.COc1ccc(COC(=O)[C@@H]2[C@@H](CC=O)C(=O)N2c2ccccn2)cc1.NC(N)=N/N=C/C[C@H]1C(=O)N(c2ccccn2)[C@@H]1C(=O)O.NN=C(N)N.OB(O)c1ccccn1. The molecule has 4 aromatic carbocycles. The number of ether oxygens (including phenoxy) is 8. The summed E-state index contributed by atoms with van der Waals surface area (Å²) in [5.41, 5.74) is 33.6. The number of aliphatic carboxylic acids is 1. The van der Waals surface area contributed by atoms with Crippen molar-refractivity contribution >= 4 is 132 Å². The molecule has 5 amide bonds. The van der Waals surface area contributed by atoms with Gasteiger partial charge >= 0.3 is 37.0 Å². The molecule has 0 bridgehead atoms. The molecule has 9 aromatic rings. The predicted molar refractivity (Wildman–Crippen MR) is 502 cm³/mol. The summed E-state index contributed by atoms with van der Waals surface area (Å²) in [6, 6.07) is 50.2. The highest BCUT2D eigenvalue weighted by Crippen LogP contribution is 2.39. The van der Waals surface area contributed by atoms with Crippen molar-refractivity contribution in [3.63, 3.8) is 0 Å². The number of hydrogen-bond acceptors (Lipinski definition) is 32. The average Bonchev–Trinajstić information content (AvgIpc) is 0.721. The van der Waals surface area contributed by atoms with Crippen LogP contribution < -0.4 is 89.7 Å². The molecule has 0 radical (unpaired) electrons. The van der Waals surface area contributed by atoms with Gasteiger partial charge in [0.1, 0.15) is 109 Å². The van der Waals surface area contributed by atoms with Crippen LogP contribution in [0.5, 0.6) is 23.0 Å². The standard InChI is InChI=1S/C20H22N6O4.C20H20N2O4.C19H18N2O5.C15H17NO4.C12H14N6O3.C5H6BNO2.CH6N4/c1-29-14-7-5-13(6-8-14)12-30-19(28)17-15(9-11-24-25-20(21)22)18(27)26(17)16-4-2-3-10-23-16;1-3-6-16-18(22(19(16)23)17-7-4-5-12-21-17)20(24)26-13-14-8-10-15(25-2)11-9-14;1-25-14-7-5-13(6-8-14)12-26-19(24)17-15(9-11-22)18(23)21(17)16-4-2-3-10-20-16;1-3-4-12-13(16-14(12)17)15(18)20-9-10-5-7-11(19-2)8-6-10;13-12(14)17-16-6-4-7-9(11(20)21)18(10(7)19)8-3-1-2-5-15-8;8-6(9)5-3-1-2-4-7-5;2-1(3)5-4/h2-8,10-11,15,17H,9,12H2,1H3,(H4,21,22,25);3-5,7-12,16,18H,1,6,13H2,2H3;2-8,10-11,15,17H,9,12H2,1H3;3,5-8,12-13H,1,4,9H2,2H3,(H,16,17);1-3,5-7,9H,4H2,(H,20,21)(H4,13,14,17);1-4,8-9H;4H2,(H4,2,3,5)/b24-11+;;;;16-6+;;/t15-,17+;16-,18+;15-,17+;12-,13+;7-,9+;;/m11111../s1. The number of carboxylic acids is 1.